The number of aryl methyl sites for hydroxylation is 1. The Balaban J connectivity index is 1.78. The SMILES string of the molecule is Cc1cccc(-n2cccc2/C=C2\C(=O)NC(=O)N(c3cccc(Cl)c3C)C2=O)c1. The molecule has 7 heteroatoms. The van der Waals surface area contributed by atoms with Crippen LogP contribution < -0.4 is 10.2 Å². The van der Waals surface area contributed by atoms with E-state index in [4.69, 9.17) is 11.6 Å². The number of amides is 4. The molecule has 3 aromatic rings. The summed E-state index contributed by atoms with van der Waals surface area (Å²) in [6, 6.07) is 15.6. The molecule has 0 aliphatic carbocycles. The third-order valence-corrected chi connectivity index (χ3v) is 5.34. The molecule has 1 aliphatic rings. The fourth-order valence-corrected chi connectivity index (χ4v) is 3.56. The standard InChI is InChI=1S/C23H18ClN3O3/c1-14-6-3-7-16(12-14)26-11-5-8-17(26)13-18-21(28)25-23(30)27(22(18)29)20-10-4-9-19(24)15(20)2/h3-13H,1-2H3,(H,25,28,30)/b18-13+. The highest BCUT2D eigenvalue weighted by molar-refractivity contribution is 6.39. The number of barbiturate groups is 1. The summed E-state index contributed by atoms with van der Waals surface area (Å²) in [4.78, 5) is 39.0. The first-order valence-electron chi connectivity index (χ1n) is 9.28. The van der Waals surface area contributed by atoms with Crippen molar-refractivity contribution in [2.24, 2.45) is 0 Å². The van der Waals surface area contributed by atoms with Crippen LogP contribution in [0.4, 0.5) is 10.5 Å². The monoisotopic (exact) mass is 419 g/mol. The van der Waals surface area contributed by atoms with Crippen LogP contribution in [0.25, 0.3) is 11.8 Å². The Labute approximate surface area is 178 Å². The van der Waals surface area contributed by atoms with E-state index < -0.39 is 17.8 Å². The zero-order chi connectivity index (χ0) is 21.4. The predicted octanol–water partition coefficient (Wildman–Crippen LogP) is 4.41. The number of rotatable bonds is 3. The Morgan fingerprint density at radius 1 is 0.967 bits per heavy atom. The summed E-state index contributed by atoms with van der Waals surface area (Å²) in [6.07, 6.45) is 3.33. The van der Waals surface area contributed by atoms with E-state index >= 15 is 0 Å². The zero-order valence-electron chi connectivity index (χ0n) is 16.3. The van der Waals surface area contributed by atoms with E-state index in [0.29, 0.717) is 22.0 Å². The summed E-state index contributed by atoms with van der Waals surface area (Å²) < 4.78 is 1.87. The molecule has 1 saturated heterocycles. The lowest BCUT2D eigenvalue weighted by Gasteiger charge is -2.27. The molecule has 1 N–H and O–H groups in total. The molecule has 4 amide bonds. The van der Waals surface area contributed by atoms with E-state index in [2.05, 4.69) is 5.32 Å². The predicted molar refractivity (Wildman–Crippen MR) is 116 cm³/mol. The number of urea groups is 1. The smallest absolute Gasteiger partial charge is 0.317 e. The number of hydrogen-bond acceptors (Lipinski definition) is 3. The second kappa shape index (κ2) is 7.65. The summed E-state index contributed by atoms with van der Waals surface area (Å²) in [6.45, 7) is 3.70. The number of halogens is 1. The largest absolute Gasteiger partial charge is 0.335 e. The average molecular weight is 420 g/mol. The van der Waals surface area contributed by atoms with Crippen molar-refractivity contribution in [1.82, 2.24) is 9.88 Å². The van der Waals surface area contributed by atoms with Crippen LogP contribution in [0.3, 0.4) is 0 Å². The highest BCUT2D eigenvalue weighted by Gasteiger charge is 2.37. The first-order chi connectivity index (χ1) is 14.4. The molecule has 1 aromatic heterocycles. The van der Waals surface area contributed by atoms with Crippen molar-refractivity contribution >= 4 is 41.2 Å². The van der Waals surface area contributed by atoms with Crippen LogP contribution in [-0.2, 0) is 9.59 Å². The van der Waals surface area contributed by atoms with Crippen molar-refractivity contribution in [3.05, 3.63) is 88.2 Å². The van der Waals surface area contributed by atoms with E-state index in [1.165, 1.54) is 6.08 Å². The first-order valence-corrected chi connectivity index (χ1v) is 9.65. The summed E-state index contributed by atoms with van der Waals surface area (Å²) in [7, 11) is 0. The third-order valence-electron chi connectivity index (χ3n) is 4.93. The molecule has 0 saturated carbocycles. The Morgan fingerprint density at radius 3 is 2.50 bits per heavy atom. The Kier molecular flexibility index (Phi) is 5.01. The van der Waals surface area contributed by atoms with Gasteiger partial charge in [-0.3, -0.25) is 14.9 Å². The molecule has 1 fully saturated rings. The van der Waals surface area contributed by atoms with Gasteiger partial charge in [0.25, 0.3) is 11.8 Å². The number of imide groups is 2. The number of benzene rings is 2. The molecule has 2 heterocycles. The molecule has 30 heavy (non-hydrogen) atoms. The van der Waals surface area contributed by atoms with E-state index in [1.807, 2.05) is 48.0 Å². The minimum Gasteiger partial charge on any atom is -0.317 e. The maximum absolute atomic E-state index is 13.2. The van der Waals surface area contributed by atoms with Crippen molar-refractivity contribution in [3.63, 3.8) is 0 Å². The first kappa shape index (κ1) is 19.7. The summed E-state index contributed by atoms with van der Waals surface area (Å²) >= 11 is 6.16. The van der Waals surface area contributed by atoms with E-state index in [9.17, 15) is 14.4 Å². The molecular formula is C23H18ClN3O3. The maximum atomic E-state index is 13.2. The van der Waals surface area contributed by atoms with E-state index in [0.717, 1.165) is 16.2 Å². The summed E-state index contributed by atoms with van der Waals surface area (Å²) in [5.74, 6) is -1.44. The fraction of sp³-hybridized carbons (Fsp3) is 0.0870. The van der Waals surface area contributed by atoms with Crippen LogP contribution >= 0.6 is 11.6 Å². The van der Waals surface area contributed by atoms with Gasteiger partial charge in [-0.25, -0.2) is 9.69 Å². The van der Waals surface area contributed by atoms with Gasteiger partial charge in [0.15, 0.2) is 0 Å². The second-order valence-electron chi connectivity index (χ2n) is 6.98. The molecule has 1 aliphatic heterocycles. The fourth-order valence-electron chi connectivity index (χ4n) is 3.39. The van der Waals surface area contributed by atoms with Gasteiger partial charge in [0, 0.05) is 22.6 Å². The minimum absolute atomic E-state index is 0.137. The van der Waals surface area contributed by atoms with Gasteiger partial charge in [0.1, 0.15) is 5.57 Å². The Morgan fingerprint density at radius 2 is 1.73 bits per heavy atom. The van der Waals surface area contributed by atoms with Crippen LogP contribution in [0.15, 0.2) is 66.4 Å². The molecule has 0 unspecified atom stereocenters. The van der Waals surface area contributed by atoms with Crippen molar-refractivity contribution in [3.8, 4) is 5.69 Å². The van der Waals surface area contributed by atoms with Crippen LogP contribution in [0.5, 0.6) is 0 Å². The molecule has 6 nitrogen and oxygen atoms in total. The number of carbonyl (C=O) groups is 3. The lowest BCUT2D eigenvalue weighted by atomic mass is 10.1. The molecular weight excluding hydrogens is 402 g/mol. The normalized spacial score (nSPS) is 15.6. The van der Waals surface area contributed by atoms with Crippen LogP contribution in [0, 0.1) is 13.8 Å². The number of carbonyl (C=O) groups excluding carboxylic acids is 3. The lowest BCUT2D eigenvalue weighted by molar-refractivity contribution is -0.122. The highest BCUT2D eigenvalue weighted by Crippen LogP contribution is 2.29. The molecule has 4 rings (SSSR count). The van der Waals surface area contributed by atoms with Crippen molar-refractivity contribution in [2.45, 2.75) is 13.8 Å². The number of anilines is 1. The molecule has 2 aromatic carbocycles. The molecule has 0 atom stereocenters. The zero-order valence-corrected chi connectivity index (χ0v) is 17.1. The van der Waals surface area contributed by atoms with Gasteiger partial charge >= 0.3 is 6.03 Å². The third kappa shape index (κ3) is 3.42. The van der Waals surface area contributed by atoms with Crippen LogP contribution in [0.1, 0.15) is 16.8 Å². The molecule has 0 spiro atoms. The number of nitrogens with zero attached hydrogens (tertiary/aromatic N) is 2. The lowest BCUT2D eigenvalue weighted by Crippen LogP contribution is -2.54. The van der Waals surface area contributed by atoms with Crippen LogP contribution in [0.2, 0.25) is 5.02 Å². The molecule has 0 bridgehead atoms. The Bertz CT molecular complexity index is 1230. The summed E-state index contributed by atoms with van der Waals surface area (Å²) in [5.41, 5.74) is 3.38. The number of nitrogens with one attached hydrogen (secondary N) is 1. The summed E-state index contributed by atoms with van der Waals surface area (Å²) in [5, 5.41) is 2.66. The van der Waals surface area contributed by atoms with Crippen molar-refractivity contribution in [1.29, 1.82) is 0 Å². The van der Waals surface area contributed by atoms with Crippen LogP contribution in [-0.4, -0.2) is 22.4 Å². The quantitative estimate of drug-likeness (QED) is 0.504. The van der Waals surface area contributed by atoms with Gasteiger partial charge in [-0.15, -0.1) is 0 Å². The van der Waals surface area contributed by atoms with Gasteiger partial charge in [-0.1, -0.05) is 29.8 Å². The number of aromatic nitrogens is 1. The highest BCUT2D eigenvalue weighted by atomic mass is 35.5. The Hall–Kier alpha value is -3.64. The topological polar surface area (TPSA) is 71.4 Å². The second-order valence-corrected chi connectivity index (χ2v) is 7.39. The number of hydrogen-bond donors (Lipinski definition) is 1. The van der Waals surface area contributed by atoms with Gasteiger partial charge in [-0.2, -0.15) is 0 Å². The maximum Gasteiger partial charge on any atom is 0.335 e. The van der Waals surface area contributed by atoms with Gasteiger partial charge in [0.05, 0.1) is 5.69 Å². The van der Waals surface area contributed by atoms with E-state index in [1.54, 1.807) is 31.2 Å². The molecule has 150 valence electrons. The van der Waals surface area contributed by atoms with Crippen molar-refractivity contribution in [2.75, 3.05) is 4.90 Å². The van der Waals surface area contributed by atoms with Gasteiger partial charge in [-0.05, 0) is 67.4 Å². The molecule has 0 radical (unpaired) electrons. The minimum atomic E-state index is -0.804. The van der Waals surface area contributed by atoms with Gasteiger partial charge < -0.3 is 4.57 Å². The van der Waals surface area contributed by atoms with E-state index in [-0.39, 0.29) is 5.57 Å². The average Bonchev–Trinajstić information content (AvgIpc) is 3.16. The van der Waals surface area contributed by atoms with Gasteiger partial charge in [0.2, 0.25) is 0 Å². The van der Waals surface area contributed by atoms with Crippen molar-refractivity contribution < 1.29 is 14.4 Å².